The largest absolute Gasteiger partial charge is 0.245 e. The maximum atomic E-state index is 12.3. The first-order valence-corrected chi connectivity index (χ1v) is 7.82. The van der Waals surface area contributed by atoms with Crippen molar-refractivity contribution in [3.8, 4) is 0 Å². The molecule has 0 fully saturated rings. The van der Waals surface area contributed by atoms with E-state index >= 15 is 0 Å². The third-order valence-corrected chi connectivity index (χ3v) is 4.35. The molecule has 1 atom stereocenters. The molecule has 0 aliphatic rings. The van der Waals surface area contributed by atoms with Gasteiger partial charge in [0.2, 0.25) is 0 Å². The minimum Gasteiger partial charge on any atom is -0.245 e. The Balaban J connectivity index is 2.57. The van der Waals surface area contributed by atoms with Crippen LogP contribution >= 0.6 is 0 Å². The SMILES string of the molecule is CCCCCCN=S(C)(=O)c1ccccc1. The van der Waals surface area contributed by atoms with Crippen LogP contribution in [0.2, 0.25) is 0 Å². The lowest BCUT2D eigenvalue weighted by atomic mass is 10.2. The van der Waals surface area contributed by atoms with E-state index in [1.165, 1.54) is 19.3 Å². The van der Waals surface area contributed by atoms with Crippen LogP contribution < -0.4 is 0 Å². The lowest BCUT2D eigenvalue weighted by molar-refractivity contribution is 0.663. The number of hydrogen-bond acceptors (Lipinski definition) is 2. The maximum Gasteiger partial charge on any atom is 0.0723 e. The lowest BCUT2D eigenvalue weighted by Crippen LogP contribution is -1.98. The molecule has 0 aliphatic carbocycles. The maximum absolute atomic E-state index is 12.3. The molecule has 0 bridgehead atoms. The summed E-state index contributed by atoms with van der Waals surface area (Å²) < 4.78 is 16.6. The Morgan fingerprint density at radius 3 is 2.44 bits per heavy atom. The predicted octanol–water partition coefficient (Wildman–Crippen LogP) is 3.72. The van der Waals surface area contributed by atoms with Gasteiger partial charge in [0.25, 0.3) is 0 Å². The molecule has 0 radical (unpaired) electrons. The van der Waals surface area contributed by atoms with Crippen molar-refractivity contribution in [2.45, 2.75) is 37.5 Å². The number of unbranched alkanes of at least 4 members (excludes halogenated alkanes) is 3. The third-order valence-electron chi connectivity index (χ3n) is 2.53. The fourth-order valence-corrected chi connectivity index (χ4v) is 2.81. The van der Waals surface area contributed by atoms with E-state index < -0.39 is 9.73 Å². The summed E-state index contributed by atoms with van der Waals surface area (Å²) in [5, 5.41) is 0. The molecule has 1 unspecified atom stereocenters. The highest BCUT2D eigenvalue weighted by molar-refractivity contribution is 7.93. The monoisotopic (exact) mass is 239 g/mol. The Kier molecular flexibility index (Phi) is 5.53. The van der Waals surface area contributed by atoms with Crippen LogP contribution in [-0.2, 0) is 9.73 Å². The molecule has 0 spiro atoms. The van der Waals surface area contributed by atoms with Gasteiger partial charge in [-0.15, -0.1) is 0 Å². The van der Waals surface area contributed by atoms with Crippen LogP contribution in [0.5, 0.6) is 0 Å². The van der Waals surface area contributed by atoms with Gasteiger partial charge >= 0.3 is 0 Å². The minimum absolute atomic E-state index is 0.713. The minimum atomic E-state index is -2.17. The molecule has 3 heteroatoms. The van der Waals surface area contributed by atoms with Crippen molar-refractivity contribution in [3.63, 3.8) is 0 Å². The van der Waals surface area contributed by atoms with Gasteiger partial charge in [0.05, 0.1) is 9.73 Å². The van der Waals surface area contributed by atoms with Gasteiger partial charge < -0.3 is 0 Å². The number of rotatable bonds is 6. The molecule has 1 aromatic carbocycles. The molecule has 1 rings (SSSR count). The summed E-state index contributed by atoms with van der Waals surface area (Å²) in [5.74, 6) is 0. The smallest absolute Gasteiger partial charge is 0.0723 e. The first kappa shape index (κ1) is 13.2. The van der Waals surface area contributed by atoms with Gasteiger partial charge in [-0.05, 0) is 18.6 Å². The molecule has 16 heavy (non-hydrogen) atoms. The van der Waals surface area contributed by atoms with Crippen LogP contribution in [0.1, 0.15) is 32.6 Å². The Morgan fingerprint density at radius 1 is 1.12 bits per heavy atom. The Hall–Kier alpha value is -0.830. The van der Waals surface area contributed by atoms with Crippen LogP contribution in [0.3, 0.4) is 0 Å². The highest BCUT2D eigenvalue weighted by atomic mass is 32.2. The Labute approximate surface area is 99.3 Å². The van der Waals surface area contributed by atoms with Gasteiger partial charge in [-0.1, -0.05) is 44.4 Å². The predicted molar refractivity (Wildman–Crippen MR) is 70.2 cm³/mol. The van der Waals surface area contributed by atoms with Crippen LogP contribution in [-0.4, -0.2) is 17.0 Å². The second kappa shape index (κ2) is 6.69. The Morgan fingerprint density at radius 2 is 1.81 bits per heavy atom. The second-order valence-electron chi connectivity index (χ2n) is 4.03. The fourth-order valence-electron chi connectivity index (χ4n) is 1.52. The van der Waals surface area contributed by atoms with Crippen molar-refractivity contribution < 1.29 is 4.21 Å². The molecule has 0 aromatic heterocycles. The summed E-state index contributed by atoms with van der Waals surface area (Å²) in [6.07, 6.45) is 6.42. The first-order chi connectivity index (χ1) is 7.67. The van der Waals surface area contributed by atoms with Gasteiger partial charge in [-0.3, -0.25) is 0 Å². The van der Waals surface area contributed by atoms with Gasteiger partial charge in [0.1, 0.15) is 0 Å². The van der Waals surface area contributed by atoms with Crippen LogP contribution in [0.15, 0.2) is 39.6 Å². The topological polar surface area (TPSA) is 29.4 Å². The highest BCUT2D eigenvalue weighted by Crippen LogP contribution is 2.11. The van der Waals surface area contributed by atoms with Crippen molar-refractivity contribution in [3.05, 3.63) is 30.3 Å². The van der Waals surface area contributed by atoms with Gasteiger partial charge in [-0.25, -0.2) is 8.57 Å². The molecular formula is C13H21NOS. The van der Waals surface area contributed by atoms with Gasteiger partial charge in [0.15, 0.2) is 0 Å². The van der Waals surface area contributed by atoms with E-state index in [-0.39, 0.29) is 0 Å². The number of hydrogen-bond donors (Lipinski definition) is 0. The summed E-state index contributed by atoms with van der Waals surface area (Å²) >= 11 is 0. The number of nitrogens with zero attached hydrogens (tertiary/aromatic N) is 1. The second-order valence-corrected chi connectivity index (χ2v) is 6.36. The Bertz CT molecular complexity index is 405. The van der Waals surface area contributed by atoms with Crippen molar-refractivity contribution in [1.82, 2.24) is 0 Å². The molecule has 0 heterocycles. The summed E-state index contributed by atoms with van der Waals surface area (Å²) in [4.78, 5) is 0.838. The average Bonchev–Trinajstić information content (AvgIpc) is 2.30. The van der Waals surface area contributed by atoms with E-state index in [2.05, 4.69) is 11.3 Å². The fraction of sp³-hybridized carbons (Fsp3) is 0.538. The van der Waals surface area contributed by atoms with E-state index in [4.69, 9.17) is 0 Å². The highest BCUT2D eigenvalue weighted by Gasteiger charge is 2.03. The van der Waals surface area contributed by atoms with E-state index in [1.54, 1.807) is 6.26 Å². The van der Waals surface area contributed by atoms with Crippen LogP contribution in [0.25, 0.3) is 0 Å². The number of benzene rings is 1. The molecule has 0 saturated carbocycles. The van der Waals surface area contributed by atoms with E-state index in [0.717, 1.165) is 11.3 Å². The van der Waals surface area contributed by atoms with Crippen LogP contribution in [0, 0.1) is 0 Å². The molecule has 0 amide bonds. The zero-order chi connectivity index (χ0) is 11.9. The quantitative estimate of drug-likeness (QED) is 0.696. The normalized spacial score (nSPS) is 14.4. The summed E-state index contributed by atoms with van der Waals surface area (Å²) in [6, 6.07) is 9.52. The lowest BCUT2D eigenvalue weighted by Gasteiger charge is -2.04. The van der Waals surface area contributed by atoms with E-state index in [0.29, 0.717) is 6.54 Å². The van der Waals surface area contributed by atoms with Crippen molar-refractivity contribution in [2.75, 3.05) is 12.8 Å². The molecular weight excluding hydrogens is 218 g/mol. The molecule has 1 aromatic rings. The van der Waals surface area contributed by atoms with E-state index in [1.807, 2.05) is 30.3 Å². The van der Waals surface area contributed by atoms with Crippen molar-refractivity contribution in [2.24, 2.45) is 4.36 Å². The molecule has 0 N–H and O–H groups in total. The van der Waals surface area contributed by atoms with Crippen molar-refractivity contribution >= 4 is 9.73 Å². The molecule has 0 saturated heterocycles. The first-order valence-electron chi connectivity index (χ1n) is 5.90. The zero-order valence-corrected chi connectivity index (χ0v) is 11.0. The average molecular weight is 239 g/mol. The summed E-state index contributed by atoms with van der Waals surface area (Å²) in [7, 11) is -2.17. The van der Waals surface area contributed by atoms with Crippen molar-refractivity contribution in [1.29, 1.82) is 0 Å². The molecule has 0 aliphatic heterocycles. The molecule has 2 nitrogen and oxygen atoms in total. The summed E-state index contributed by atoms with van der Waals surface area (Å²) in [5.41, 5.74) is 0. The third kappa shape index (κ3) is 4.35. The zero-order valence-electron chi connectivity index (χ0n) is 10.2. The summed E-state index contributed by atoms with van der Waals surface area (Å²) in [6.45, 7) is 2.90. The standard InChI is InChI=1S/C13H21NOS/c1-3-4-5-9-12-14-16(2,15)13-10-7-6-8-11-13/h6-8,10-11H,3-5,9,12H2,1-2H3. The van der Waals surface area contributed by atoms with E-state index in [9.17, 15) is 4.21 Å². The van der Waals surface area contributed by atoms with Gasteiger partial charge in [0, 0.05) is 17.7 Å². The van der Waals surface area contributed by atoms with Crippen LogP contribution in [0.4, 0.5) is 0 Å². The van der Waals surface area contributed by atoms with Gasteiger partial charge in [-0.2, -0.15) is 0 Å². The molecule has 90 valence electrons.